The highest BCUT2D eigenvalue weighted by atomic mass is 32.2. The topological polar surface area (TPSA) is 87.9 Å². The maximum atomic E-state index is 13.7. The zero-order valence-corrected chi connectivity index (χ0v) is 25.8. The van der Waals surface area contributed by atoms with Crippen LogP contribution >= 0.6 is 0 Å². The second-order valence-corrected chi connectivity index (χ2v) is 13.2. The summed E-state index contributed by atoms with van der Waals surface area (Å²) in [5.41, 5.74) is 4.62. The van der Waals surface area contributed by atoms with Crippen LogP contribution in [0.3, 0.4) is 0 Å². The zero-order valence-electron chi connectivity index (χ0n) is 24.9. The van der Waals surface area contributed by atoms with Crippen molar-refractivity contribution in [2.75, 3.05) is 24.2 Å². The van der Waals surface area contributed by atoms with Gasteiger partial charge in [-0.2, -0.15) is 0 Å². The first-order valence-electron chi connectivity index (χ1n) is 14.4. The van der Waals surface area contributed by atoms with Gasteiger partial charge in [-0.3, -0.25) is 13.9 Å². The monoisotopic (exact) mass is 628 g/mol. The molecule has 0 bridgehead atoms. The van der Waals surface area contributed by atoms with Crippen molar-refractivity contribution in [3.05, 3.63) is 113 Å². The third-order valence-corrected chi connectivity index (χ3v) is 9.42. The smallest absolute Gasteiger partial charge is 0.254 e. The fraction of sp³-hybridized carbons (Fsp3) is 0.200. The molecule has 2 heterocycles. The summed E-state index contributed by atoms with van der Waals surface area (Å²) in [6, 6.07) is 20.4. The standard InChI is InChI=1S/C35H30F2N2O5S/c1-4-31(40)33-29-18-27(30(38(2)45(3,42)43)19-32(29)44-34(33)23-9-13-26(37)14-10-23)24-8-7-22-15-16-39(35(41)28(22)17-24)20-21-5-11-25(36)12-6-21/h5-14,17-19H,4,15-16,20H2,1-3H3. The van der Waals surface area contributed by atoms with Gasteiger partial charge in [0.25, 0.3) is 5.91 Å². The lowest BCUT2D eigenvalue weighted by Gasteiger charge is -2.29. The average molecular weight is 629 g/mol. The van der Waals surface area contributed by atoms with E-state index in [9.17, 15) is 26.8 Å². The van der Waals surface area contributed by atoms with Crippen molar-refractivity contribution in [1.82, 2.24) is 4.90 Å². The van der Waals surface area contributed by atoms with E-state index in [2.05, 4.69) is 0 Å². The molecule has 1 aliphatic heterocycles. The Morgan fingerprint density at radius 1 is 0.911 bits per heavy atom. The van der Waals surface area contributed by atoms with Gasteiger partial charge < -0.3 is 9.32 Å². The maximum Gasteiger partial charge on any atom is 0.254 e. The zero-order chi connectivity index (χ0) is 32.0. The van der Waals surface area contributed by atoms with Crippen molar-refractivity contribution in [3.63, 3.8) is 0 Å². The van der Waals surface area contributed by atoms with Crippen molar-refractivity contribution in [2.45, 2.75) is 26.3 Å². The molecule has 5 aromatic rings. The molecule has 0 atom stereocenters. The van der Waals surface area contributed by atoms with E-state index >= 15 is 0 Å². The normalized spacial score (nSPS) is 13.3. The average Bonchev–Trinajstić information content (AvgIpc) is 3.40. The van der Waals surface area contributed by atoms with Crippen LogP contribution in [-0.2, 0) is 23.0 Å². The lowest BCUT2D eigenvalue weighted by atomic mass is 9.92. The summed E-state index contributed by atoms with van der Waals surface area (Å²) >= 11 is 0. The molecule has 6 rings (SSSR count). The first-order valence-corrected chi connectivity index (χ1v) is 16.3. The SMILES string of the molecule is CCC(=O)c1c(-c2ccc(F)cc2)oc2cc(N(C)S(C)(=O)=O)c(-c3ccc4c(c3)C(=O)N(Cc3ccc(F)cc3)CC4)cc12. The van der Waals surface area contributed by atoms with Crippen molar-refractivity contribution >= 4 is 38.4 Å². The fourth-order valence-electron chi connectivity index (χ4n) is 5.71. The molecule has 230 valence electrons. The molecule has 0 fully saturated rings. The molecule has 0 radical (unpaired) electrons. The van der Waals surface area contributed by atoms with E-state index in [0.29, 0.717) is 64.0 Å². The van der Waals surface area contributed by atoms with Gasteiger partial charge in [0, 0.05) is 54.7 Å². The summed E-state index contributed by atoms with van der Waals surface area (Å²) < 4.78 is 60.0. The van der Waals surface area contributed by atoms with Crippen molar-refractivity contribution in [3.8, 4) is 22.5 Å². The molecule has 7 nitrogen and oxygen atoms in total. The Bertz CT molecular complexity index is 2070. The number of Topliss-reactive ketones (excluding diaryl/α,β-unsaturated/α-hetero) is 1. The number of fused-ring (bicyclic) bond motifs is 2. The minimum atomic E-state index is -3.73. The van der Waals surface area contributed by atoms with Crippen molar-refractivity contribution in [1.29, 1.82) is 0 Å². The van der Waals surface area contributed by atoms with Crippen LogP contribution in [0.4, 0.5) is 14.5 Å². The first-order chi connectivity index (χ1) is 21.4. The van der Waals surface area contributed by atoms with Crippen LogP contribution in [0.5, 0.6) is 0 Å². The lowest BCUT2D eigenvalue weighted by Crippen LogP contribution is -2.37. The van der Waals surface area contributed by atoms with E-state index in [-0.39, 0.29) is 29.7 Å². The number of hydrogen-bond acceptors (Lipinski definition) is 5. The molecule has 4 aromatic carbocycles. The molecule has 0 saturated carbocycles. The highest BCUT2D eigenvalue weighted by molar-refractivity contribution is 7.92. The molecule has 1 aromatic heterocycles. The Morgan fingerprint density at radius 3 is 2.20 bits per heavy atom. The number of carbonyl (C=O) groups excluding carboxylic acids is 2. The third kappa shape index (κ3) is 5.73. The molecule has 1 amide bonds. The van der Waals surface area contributed by atoms with Gasteiger partial charge in [0.15, 0.2) is 5.78 Å². The van der Waals surface area contributed by atoms with E-state index in [1.54, 1.807) is 42.2 Å². The molecule has 0 saturated heterocycles. The summed E-state index contributed by atoms with van der Waals surface area (Å²) in [6.07, 6.45) is 1.89. The fourth-order valence-corrected chi connectivity index (χ4v) is 6.22. The lowest BCUT2D eigenvalue weighted by molar-refractivity contribution is 0.0727. The van der Waals surface area contributed by atoms with E-state index in [1.807, 2.05) is 12.1 Å². The second-order valence-electron chi connectivity index (χ2n) is 11.2. The van der Waals surface area contributed by atoms with Crippen molar-refractivity contribution < 1.29 is 31.2 Å². The number of benzene rings is 4. The molecule has 0 spiro atoms. The van der Waals surface area contributed by atoms with Gasteiger partial charge in [-0.05, 0) is 71.6 Å². The molecule has 0 unspecified atom stereocenters. The third-order valence-electron chi connectivity index (χ3n) is 8.23. The van der Waals surface area contributed by atoms with Gasteiger partial charge in [0.05, 0.1) is 17.5 Å². The summed E-state index contributed by atoms with van der Waals surface area (Å²) in [5, 5.41) is 0.476. The summed E-state index contributed by atoms with van der Waals surface area (Å²) in [5.74, 6) is -0.905. The van der Waals surface area contributed by atoms with Crippen LogP contribution < -0.4 is 4.31 Å². The number of halogens is 2. The predicted octanol–water partition coefficient (Wildman–Crippen LogP) is 7.23. The molecule has 1 aliphatic rings. The van der Waals surface area contributed by atoms with Crippen LogP contribution in [0.15, 0.2) is 83.3 Å². The summed E-state index contributed by atoms with van der Waals surface area (Å²) in [4.78, 5) is 28.7. The van der Waals surface area contributed by atoms with Gasteiger partial charge >= 0.3 is 0 Å². The molecular weight excluding hydrogens is 598 g/mol. The Kier molecular flexibility index (Phi) is 7.78. The Labute approximate surface area is 259 Å². The largest absolute Gasteiger partial charge is 0.455 e. The Hall–Kier alpha value is -4.83. The number of rotatable bonds is 8. The number of nitrogens with zero attached hydrogens (tertiary/aromatic N) is 2. The molecule has 0 aliphatic carbocycles. The van der Waals surface area contributed by atoms with Gasteiger partial charge in [-0.25, -0.2) is 17.2 Å². The Morgan fingerprint density at radius 2 is 1.56 bits per heavy atom. The van der Waals surface area contributed by atoms with Crippen LogP contribution in [0, 0.1) is 11.6 Å². The van der Waals surface area contributed by atoms with Gasteiger partial charge in [0.2, 0.25) is 10.0 Å². The minimum Gasteiger partial charge on any atom is -0.455 e. The predicted molar refractivity (Wildman–Crippen MR) is 170 cm³/mol. The van der Waals surface area contributed by atoms with E-state index in [4.69, 9.17) is 4.42 Å². The van der Waals surface area contributed by atoms with Crippen LogP contribution in [0.25, 0.3) is 33.4 Å². The number of furan rings is 1. The highest BCUT2D eigenvalue weighted by Crippen LogP contribution is 2.42. The molecule has 45 heavy (non-hydrogen) atoms. The number of ketones is 1. The van der Waals surface area contributed by atoms with E-state index < -0.39 is 15.8 Å². The molecular formula is C35H30F2N2O5S. The minimum absolute atomic E-state index is 0.181. The first kappa shape index (κ1) is 30.2. The van der Waals surface area contributed by atoms with E-state index in [0.717, 1.165) is 21.7 Å². The maximum absolute atomic E-state index is 13.7. The van der Waals surface area contributed by atoms with Gasteiger partial charge in [-0.1, -0.05) is 31.2 Å². The summed E-state index contributed by atoms with van der Waals surface area (Å²) in [7, 11) is -2.30. The molecule has 0 N–H and O–H groups in total. The number of hydrogen-bond donors (Lipinski definition) is 0. The second kappa shape index (κ2) is 11.6. The Balaban J connectivity index is 1.51. The van der Waals surface area contributed by atoms with Crippen LogP contribution in [-0.4, -0.2) is 44.9 Å². The van der Waals surface area contributed by atoms with E-state index in [1.165, 1.54) is 43.4 Å². The number of carbonyl (C=O) groups is 2. The highest BCUT2D eigenvalue weighted by Gasteiger charge is 2.28. The quantitative estimate of drug-likeness (QED) is 0.169. The van der Waals surface area contributed by atoms with Crippen LogP contribution in [0.2, 0.25) is 0 Å². The molecule has 10 heteroatoms. The summed E-state index contributed by atoms with van der Waals surface area (Å²) in [6.45, 7) is 2.55. The van der Waals surface area contributed by atoms with Crippen LogP contribution in [0.1, 0.15) is 45.2 Å². The van der Waals surface area contributed by atoms with Gasteiger partial charge in [0.1, 0.15) is 23.0 Å². The van der Waals surface area contributed by atoms with Crippen molar-refractivity contribution in [2.24, 2.45) is 0 Å². The number of amides is 1. The number of sulfonamides is 1. The van der Waals surface area contributed by atoms with Gasteiger partial charge in [-0.15, -0.1) is 0 Å². The number of anilines is 1.